The second kappa shape index (κ2) is 23.5. The highest BCUT2D eigenvalue weighted by Crippen LogP contribution is 2.29. The van der Waals surface area contributed by atoms with Crippen molar-refractivity contribution in [1.29, 1.82) is 0 Å². The Morgan fingerprint density at radius 1 is 0.769 bits per heavy atom. The number of rotatable bonds is 19. The van der Waals surface area contributed by atoms with Crippen molar-refractivity contribution in [3.8, 4) is 0 Å². The lowest BCUT2D eigenvalue weighted by Gasteiger charge is -2.24. The number of carbonyl (C=O) groups excluding carboxylic acids is 5. The number of ketones is 1. The Morgan fingerprint density at radius 2 is 1.23 bits per heavy atom. The third-order valence-electron chi connectivity index (χ3n) is 8.28. The summed E-state index contributed by atoms with van der Waals surface area (Å²) in [6, 6.07) is 17.7. The van der Waals surface area contributed by atoms with Gasteiger partial charge in [0.25, 0.3) is 0 Å². The van der Waals surface area contributed by atoms with E-state index in [9.17, 15) is 24.0 Å². The van der Waals surface area contributed by atoms with Gasteiger partial charge in [-0.25, -0.2) is 0 Å². The molecular weight excluding hydrogens is 660 g/mol. The number of nitrogens with one attached hydrogen (secondary N) is 4. The summed E-state index contributed by atoms with van der Waals surface area (Å²) < 4.78 is 10.2. The maximum atomic E-state index is 12.7. The van der Waals surface area contributed by atoms with Gasteiger partial charge in [0.15, 0.2) is 5.78 Å². The standard InChI is InChI=1S/C19H26N2O4.C17H26N2O2.C5H12O/c1-13(2)9-15(17(23)19(3)11-25-19)21-18(24)16(20-12-22)10-14-7-5-4-6-8-14;1-13(2)11-14(3)19-17(21)16(18-12-20)10-9-15-7-5-4-6-8-15;1-5(2,3)6-4/h4-8,12-13,15-16H,9-11H2,1-3H3,(H,20,22)(H,21,24);4-8,12-14,16H,9-11H2,1-3H3,(H,18,20)(H,19,21);1-4H3/t;14?,16-;/m.0./s1. The summed E-state index contributed by atoms with van der Waals surface area (Å²) in [5.41, 5.74) is 1.35. The summed E-state index contributed by atoms with van der Waals surface area (Å²) in [6.07, 6.45) is 4.30. The Balaban J connectivity index is 0.000000455. The number of benzene rings is 2. The molecule has 0 spiro atoms. The summed E-state index contributed by atoms with van der Waals surface area (Å²) in [5, 5.41) is 10.9. The van der Waals surface area contributed by atoms with Gasteiger partial charge in [0, 0.05) is 19.6 Å². The first kappa shape index (κ1) is 45.9. The SMILES string of the molecule is CC(C)CC(C)NC(=O)[C@H](CCc1ccccc1)NC=O.CC(C)CC(NC(=O)C(Cc1ccccc1)NC=O)C(=O)C1(C)CO1.COC(C)(C)C. The summed E-state index contributed by atoms with van der Waals surface area (Å²) in [7, 11) is 1.71. The molecule has 1 aliphatic heterocycles. The van der Waals surface area contributed by atoms with Crippen molar-refractivity contribution in [2.45, 2.75) is 130 Å². The average Bonchev–Trinajstić information content (AvgIpc) is 3.84. The number of carbonyl (C=O) groups is 5. The molecule has 11 heteroatoms. The molecule has 1 aliphatic rings. The van der Waals surface area contributed by atoms with Crippen LogP contribution in [0.5, 0.6) is 0 Å². The quantitative estimate of drug-likeness (QED) is 0.118. The third-order valence-corrected chi connectivity index (χ3v) is 8.28. The van der Waals surface area contributed by atoms with Crippen molar-refractivity contribution < 1.29 is 33.4 Å². The van der Waals surface area contributed by atoms with Crippen LogP contribution in [0.3, 0.4) is 0 Å². The molecule has 0 saturated carbocycles. The predicted octanol–water partition coefficient (Wildman–Crippen LogP) is 4.95. The normalized spacial score (nSPS) is 17.1. The number of methoxy groups -OCH3 is 1. The van der Waals surface area contributed by atoms with Gasteiger partial charge in [0.1, 0.15) is 17.7 Å². The Bertz CT molecular complexity index is 1340. The molecule has 1 saturated heterocycles. The number of hydrogen-bond acceptors (Lipinski definition) is 7. The van der Waals surface area contributed by atoms with Crippen LogP contribution < -0.4 is 21.3 Å². The van der Waals surface area contributed by atoms with Crippen LogP contribution in [0, 0.1) is 11.8 Å². The minimum Gasteiger partial charge on any atom is -0.379 e. The summed E-state index contributed by atoms with van der Waals surface area (Å²) in [6.45, 7) is 18.4. The minimum absolute atomic E-state index is 0.0417. The van der Waals surface area contributed by atoms with E-state index >= 15 is 0 Å². The van der Waals surface area contributed by atoms with Gasteiger partial charge in [0.05, 0.1) is 18.2 Å². The van der Waals surface area contributed by atoms with Gasteiger partial charge in [-0.2, -0.15) is 0 Å². The van der Waals surface area contributed by atoms with Crippen LogP contribution in [0.4, 0.5) is 0 Å². The molecule has 5 atom stereocenters. The van der Waals surface area contributed by atoms with Gasteiger partial charge < -0.3 is 30.7 Å². The van der Waals surface area contributed by atoms with Crippen LogP contribution in [0.1, 0.15) is 92.7 Å². The Labute approximate surface area is 311 Å². The molecule has 4 N–H and O–H groups in total. The second-order valence-corrected chi connectivity index (χ2v) is 15.3. The van der Waals surface area contributed by atoms with E-state index in [1.54, 1.807) is 14.0 Å². The van der Waals surface area contributed by atoms with E-state index in [0.717, 1.165) is 18.4 Å². The Hall–Kier alpha value is -4.09. The first-order valence-corrected chi connectivity index (χ1v) is 18.3. The monoisotopic (exact) mass is 724 g/mol. The van der Waals surface area contributed by atoms with Gasteiger partial charge in [0.2, 0.25) is 24.6 Å². The Morgan fingerprint density at radius 3 is 1.67 bits per heavy atom. The zero-order valence-electron chi connectivity index (χ0n) is 33.0. The lowest BCUT2D eigenvalue weighted by Crippen LogP contribution is -2.53. The van der Waals surface area contributed by atoms with Crippen LogP contribution in [-0.4, -0.2) is 79.5 Å². The maximum Gasteiger partial charge on any atom is 0.243 e. The molecule has 4 unspecified atom stereocenters. The smallest absolute Gasteiger partial charge is 0.243 e. The third kappa shape index (κ3) is 19.5. The van der Waals surface area contributed by atoms with E-state index in [1.807, 2.05) is 102 Å². The molecule has 1 fully saturated rings. The largest absolute Gasteiger partial charge is 0.379 e. The molecular formula is C41H64N4O7. The highest BCUT2D eigenvalue weighted by Gasteiger charge is 2.50. The molecule has 0 aromatic heterocycles. The molecule has 3 rings (SSSR count). The first-order chi connectivity index (χ1) is 24.4. The van der Waals surface area contributed by atoms with Crippen LogP contribution in [0.2, 0.25) is 0 Å². The van der Waals surface area contributed by atoms with Gasteiger partial charge in [-0.05, 0) is 83.3 Å². The lowest BCUT2D eigenvalue weighted by molar-refractivity contribution is -0.132. The summed E-state index contributed by atoms with van der Waals surface area (Å²) >= 11 is 0. The molecule has 1 heterocycles. The zero-order chi connectivity index (χ0) is 39.3. The number of ether oxygens (including phenoxy) is 2. The van der Waals surface area contributed by atoms with Crippen LogP contribution >= 0.6 is 0 Å². The number of epoxide rings is 1. The van der Waals surface area contributed by atoms with Crippen molar-refractivity contribution in [1.82, 2.24) is 21.3 Å². The number of hydrogen-bond donors (Lipinski definition) is 4. The number of Topliss-reactive ketones (excluding diaryl/α,β-unsaturated/α-hetero) is 1. The number of aryl methyl sites for hydroxylation is 1. The van der Waals surface area contributed by atoms with Crippen molar-refractivity contribution in [2.24, 2.45) is 11.8 Å². The van der Waals surface area contributed by atoms with E-state index in [-0.39, 0.29) is 35.2 Å². The topological polar surface area (TPSA) is 155 Å². The van der Waals surface area contributed by atoms with E-state index in [4.69, 9.17) is 9.47 Å². The summed E-state index contributed by atoms with van der Waals surface area (Å²) in [4.78, 5) is 59.1. The molecule has 2 aromatic rings. The van der Waals surface area contributed by atoms with E-state index in [2.05, 4.69) is 35.1 Å². The van der Waals surface area contributed by atoms with Crippen LogP contribution in [0.15, 0.2) is 60.7 Å². The van der Waals surface area contributed by atoms with Gasteiger partial charge >= 0.3 is 0 Å². The number of amides is 4. The molecule has 0 radical (unpaired) electrons. The van der Waals surface area contributed by atoms with E-state index in [1.165, 1.54) is 5.56 Å². The highest BCUT2D eigenvalue weighted by atomic mass is 16.6. The summed E-state index contributed by atoms with van der Waals surface area (Å²) in [5.74, 6) is 0.190. The van der Waals surface area contributed by atoms with Crippen molar-refractivity contribution in [3.05, 3.63) is 71.8 Å². The van der Waals surface area contributed by atoms with Crippen LogP contribution in [-0.2, 0) is 46.3 Å². The zero-order valence-corrected chi connectivity index (χ0v) is 33.0. The maximum absolute atomic E-state index is 12.7. The van der Waals surface area contributed by atoms with Gasteiger partial charge in [-0.15, -0.1) is 0 Å². The van der Waals surface area contributed by atoms with E-state index < -0.39 is 23.7 Å². The molecule has 4 amide bonds. The molecule has 0 bridgehead atoms. The Kier molecular flexibility index (Phi) is 20.7. The molecule has 2 aromatic carbocycles. The lowest BCUT2D eigenvalue weighted by atomic mass is 9.93. The first-order valence-electron chi connectivity index (χ1n) is 18.3. The average molecular weight is 725 g/mol. The van der Waals surface area contributed by atoms with E-state index in [0.29, 0.717) is 44.6 Å². The highest BCUT2D eigenvalue weighted by molar-refractivity contribution is 5.97. The fraction of sp³-hybridized carbons (Fsp3) is 0.585. The van der Waals surface area contributed by atoms with Crippen LogP contribution in [0.25, 0.3) is 0 Å². The van der Waals surface area contributed by atoms with Crippen molar-refractivity contribution in [3.63, 3.8) is 0 Å². The predicted molar refractivity (Wildman–Crippen MR) is 205 cm³/mol. The molecule has 52 heavy (non-hydrogen) atoms. The fourth-order valence-electron chi connectivity index (χ4n) is 5.19. The minimum atomic E-state index is -0.792. The molecule has 11 nitrogen and oxygen atoms in total. The molecule has 290 valence electrons. The van der Waals surface area contributed by atoms with Crippen molar-refractivity contribution >= 4 is 30.4 Å². The second-order valence-electron chi connectivity index (χ2n) is 15.3. The van der Waals surface area contributed by atoms with Crippen molar-refractivity contribution in [2.75, 3.05) is 13.7 Å². The van der Waals surface area contributed by atoms with Gasteiger partial charge in [-0.1, -0.05) is 88.4 Å². The molecule has 0 aliphatic carbocycles. The van der Waals surface area contributed by atoms with Gasteiger partial charge in [-0.3, -0.25) is 24.0 Å². The fourth-order valence-corrected chi connectivity index (χ4v) is 5.19.